The minimum Gasteiger partial charge on any atom is -0.462 e. The Morgan fingerprint density at radius 3 is 2.53 bits per heavy atom. The normalized spacial score (nSPS) is 14.3. The summed E-state index contributed by atoms with van der Waals surface area (Å²) in [5.41, 5.74) is 1.30. The first kappa shape index (κ1) is 13.8. The first-order valence-electron chi connectivity index (χ1n) is 6.56. The second-order valence-corrected chi connectivity index (χ2v) is 4.70. The molecule has 0 saturated carbocycles. The zero-order valence-electron chi connectivity index (χ0n) is 11.7. The zero-order valence-corrected chi connectivity index (χ0v) is 11.7. The Labute approximate surface area is 114 Å². The molecule has 2 atom stereocenters. The molecule has 2 rings (SSSR count). The highest BCUT2D eigenvalue weighted by molar-refractivity contribution is 5.24. The molecule has 0 aliphatic carbocycles. The van der Waals surface area contributed by atoms with Gasteiger partial charge in [-0.25, -0.2) is 0 Å². The van der Waals surface area contributed by atoms with E-state index in [1.165, 1.54) is 5.56 Å². The average Bonchev–Trinajstić information content (AvgIpc) is 2.89. The number of methoxy groups -OCH3 is 1. The van der Waals surface area contributed by atoms with Crippen LogP contribution < -0.4 is 5.32 Å². The lowest BCUT2D eigenvalue weighted by Crippen LogP contribution is -2.21. The van der Waals surface area contributed by atoms with E-state index in [1.807, 2.05) is 25.2 Å². The van der Waals surface area contributed by atoms with E-state index in [4.69, 9.17) is 9.15 Å². The van der Waals surface area contributed by atoms with Gasteiger partial charge in [0.25, 0.3) is 0 Å². The second kappa shape index (κ2) is 6.55. The first-order chi connectivity index (χ1) is 9.26. The summed E-state index contributed by atoms with van der Waals surface area (Å²) in [5.74, 6) is 2.15. The largest absolute Gasteiger partial charge is 0.462 e. The predicted octanol–water partition coefficient (Wildman–Crippen LogP) is 3.49. The van der Waals surface area contributed by atoms with Crippen molar-refractivity contribution in [3.8, 4) is 0 Å². The number of rotatable bonds is 6. The van der Waals surface area contributed by atoms with E-state index in [0.29, 0.717) is 12.5 Å². The quantitative estimate of drug-likeness (QED) is 0.862. The van der Waals surface area contributed by atoms with Gasteiger partial charge in [-0.2, -0.15) is 0 Å². The van der Waals surface area contributed by atoms with Crippen LogP contribution in [0.15, 0.2) is 46.9 Å². The van der Waals surface area contributed by atoms with Crippen LogP contribution in [0.5, 0.6) is 0 Å². The molecule has 1 N–H and O–H groups in total. The van der Waals surface area contributed by atoms with Gasteiger partial charge in [0.15, 0.2) is 0 Å². The van der Waals surface area contributed by atoms with Crippen LogP contribution in [0.3, 0.4) is 0 Å². The monoisotopic (exact) mass is 259 g/mol. The van der Waals surface area contributed by atoms with Crippen molar-refractivity contribution in [3.05, 3.63) is 59.5 Å². The molecular formula is C16H21NO2. The molecule has 0 bridgehead atoms. The fourth-order valence-electron chi connectivity index (χ4n) is 2.37. The summed E-state index contributed by atoms with van der Waals surface area (Å²) in [6.07, 6.45) is 0. The van der Waals surface area contributed by atoms with Crippen LogP contribution in [0.25, 0.3) is 0 Å². The van der Waals surface area contributed by atoms with Crippen molar-refractivity contribution >= 4 is 0 Å². The Morgan fingerprint density at radius 2 is 1.89 bits per heavy atom. The molecule has 0 spiro atoms. The van der Waals surface area contributed by atoms with Crippen LogP contribution in [0.1, 0.15) is 36.0 Å². The molecule has 0 aliphatic heterocycles. The van der Waals surface area contributed by atoms with E-state index in [1.54, 1.807) is 7.11 Å². The van der Waals surface area contributed by atoms with Crippen LogP contribution in [0, 0.1) is 0 Å². The number of nitrogens with one attached hydrogen (secondary N) is 1. The van der Waals surface area contributed by atoms with Gasteiger partial charge < -0.3 is 14.5 Å². The summed E-state index contributed by atoms with van der Waals surface area (Å²) in [5, 5.41) is 3.34. The molecule has 0 fully saturated rings. The van der Waals surface area contributed by atoms with Crippen molar-refractivity contribution in [3.63, 3.8) is 0 Å². The van der Waals surface area contributed by atoms with E-state index in [-0.39, 0.29) is 6.04 Å². The van der Waals surface area contributed by atoms with Crippen LogP contribution >= 0.6 is 0 Å². The minimum absolute atomic E-state index is 0.160. The topological polar surface area (TPSA) is 34.4 Å². The van der Waals surface area contributed by atoms with Crippen LogP contribution in [0.2, 0.25) is 0 Å². The lowest BCUT2D eigenvalue weighted by molar-refractivity contribution is 0.161. The summed E-state index contributed by atoms with van der Waals surface area (Å²) in [6, 6.07) is 14.6. The Kier molecular flexibility index (Phi) is 4.77. The Morgan fingerprint density at radius 1 is 1.16 bits per heavy atom. The van der Waals surface area contributed by atoms with Gasteiger partial charge >= 0.3 is 0 Å². The van der Waals surface area contributed by atoms with Crippen LogP contribution in [-0.4, -0.2) is 14.2 Å². The molecular weight excluding hydrogens is 238 g/mol. The molecule has 1 heterocycles. The van der Waals surface area contributed by atoms with Gasteiger partial charge in [0, 0.05) is 13.0 Å². The maximum absolute atomic E-state index is 5.83. The highest BCUT2D eigenvalue weighted by Crippen LogP contribution is 2.31. The maximum Gasteiger partial charge on any atom is 0.129 e. The molecule has 2 unspecified atom stereocenters. The Bertz CT molecular complexity index is 492. The number of hydrogen-bond acceptors (Lipinski definition) is 3. The molecule has 3 nitrogen and oxygen atoms in total. The number of likely N-dealkylation sites (N-methyl/N-ethyl adjacent to an activating group) is 1. The highest BCUT2D eigenvalue weighted by atomic mass is 16.5. The van der Waals surface area contributed by atoms with Crippen molar-refractivity contribution in [1.29, 1.82) is 0 Å². The second-order valence-electron chi connectivity index (χ2n) is 4.70. The summed E-state index contributed by atoms with van der Waals surface area (Å²) in [7, 11) is 3.63. The molecule has 0 saturated heterocycles. The van der Waals surface area contributed by atoms with E-state index in [2.05, 4.69) is 36.5 Å². The number of ether oxygens (including phenoxy) is 1. The van der Waals surface area contributed by atoms with Gasteiger partial charge in [0.2, 0.25) is 0 Å². The third-order valence-electron chi connectivity index (χ3n) is 3.41. The van der Waals surface area contributed by atoms with Gasteiger partial charge in [-0.15, -0.1) is 0 Å². The molecule has 2 aromatic rings. The van der Waals surface area contributed by atoms with Crippen molar-refractivity contribution in [2.75, 3.05) is 14.2 Å². The third kappa shape index (κ3) is 3.25. The van der Waals surface area contributed by atoms with Gasteiger partial charge in [0.1, 0.15) is 18.1 Å². The lowest BCUT2D eigenvalue weighted by atomic mass is 9.92. The molecule has 102 valence electrons. The Hall–Kier alpha value is -1.58. The predicted molar refractivity (Wildman–Crippen MR) is 76.1 cm³/mol. The first-order valence-corrected chi connectivity index (χ1v) is 6.56. The van der Waals surface area contributed by atoms with E-state index in [9.17, 15) is 0 Å². The summed E-state index contributed by atoms with van der Waals surface area (Å²) in [6.45, 7) is 2.71. The molecule has 1 aromatic carbocycles. The van der Waals surface area contributed by atoms with Crippen molar-refractivity contribution < 1.29 is 9.15 Å². The van der Waals surface area contributed by atoms with E-state index >= 15 is 0 Å². The molecule has 19 heavy (non-hydrogen) atoms. The van der Waals surface area contributed by atoms with Crippen molar-refractivity contribution in [2.45, 2.75) is 25.5 Å². The van der Waals surface area contributed by atoms with Crippen LogP contribution in [-0.2, 0) is 11.3 Å². The maximum atomic E-state index is 5.83. The van der Waals surface area contributed by atoms with E-state index in [0.717, 1.165) is 11.5 Å². The fourth-order valence-corrected chi connectivity index (χ4v) is 2.37. The molecule has 3 heteroatoms. The smallest absolute Gasteiger partial charge is 0.129 e. The summed E-state index contributed by atoms with van der Waals surface area (Å²) in [4.78, 5) is 0. The molecule has 0 radical (unpaired) electrons. The molecule has 0 aliphatic rings. The standard InChI is InChI=1S/C16H21NO2/c1-12(13-7-5-4-6-8-13)16(17-2)15-10-9-14(19-15)11-18-3/h4-10,12,16-17H,11H2,1-3H3. The van der Waals surface area contributed by atoms with E-state index < -0.39 is 0 Å². The van der Waals surface area contributed by atoms with Gasteiger partial charge in [-0.3, -0.25) is 0 Å². The molecule has 0 amide bonds. The van der Waals surface area contributed by atoms with Gasteiger partial charge in [0.05, 0.1) is 6.04 Å². The van der Waals surface area contributed by atoms with Crippen molar-refractivity contribution in [2.24, 2.45) is 0 Å². The lowest BCUT2D eigenvalue weighted by Gasteiger charge is -2.22. The fraction of sp³-hybridized carbons (Fsp3) is 0.375. The molecule has 1 aromatic heterocycles. The average molecular weight is 259 g/mol. The summed E-state index contributed by atoms with van der Waals surface area (Å²) >= 11 is 0. The highest BCUT2D eigenvalue weighted by Gasteiger charge is 2.22. The number of hydrogen-bond donors (Lipinski definition) is 1. The number of benzene rings is 1. The van der Waals surface area contributed by atoms with Crippen LogP contribution in [0.4, 0.5) is 0 Å². The van der Waals surface area contributed by atoms with Gasteiger partial charge in [-0.1, -0.05) is 37.3 Å². The zero-order chi connectivity index (χ0) is 13.7. The van der Waals surface area contributed by atoms with Gasteiger partial charge in [-0.05, 0) is 24.7 Å². The summed E-state index contributed by atoms with van der Waals surface area (Å²) < 4.78 is 10.9. The SMILES string of the molecule is CNC(c1ccc(COC)o1)C(C)c1ccccc1. The third-order valence-corrected chi connectivity index (χ3v) is 3.41. The Balaban J connectivity index is 2.19. The number of furan rings is 1. The van der Waals surface area contributed by atoms with Crippen molar-refractivity contribution in [1.82, 2.24) is 5.32 Å². The minimum atomic E-state index is 0.160.